The van der Waals surface area contributed by atoms with E-state index in [2.05, 4.69) is 143 Å². The van der Waals surface area contributed by atoms with Crippen LogP contribution in [0.25, 0.3) is 61.0 Å². The first kappa shape index (κ1) is 25.3. The summed E-state index contributed by atoms with van der Waals surface area (Å²) in [7, 11) is 2.11. The summed E-state index contributed by atoms with van der Waals surface area (Å²) in [6.45, 7) is 13.3. The maximum absolute atomic E-state index is 5.12. The summed E-state index contributed by atoms with van der Waals surface area (Å²) >= 11 is 0. The molecule has 41 heavy (non-hydrogen) atoms. The Labute approximate surface area is 241 Å². The van der Waals surface area contributed by atoms with Gasteiger partial charge in [-0.3, -0.25) is 4.57 Å². The molecule has 0 atom stereocenters. The molecule has 2 heterocycles. The summed E-state index contributed by atoms with van der Waals surface area (Å²) in [6, 6.07) is 31.4. The highest BCUT2D eigenvalue weighted by atomic mass is 15.2. The van der Waals surface area contributed by atoms with Gasteiger partial charge in [-0.1, -0.05) is 59.7 Å². The van der Waals surface area contributed by atoms with Crippen molar-refractivity contribution >= 4 is 32.8 Å². The first-order chi connectivity index (χ1) is 19.7. The molecule has 0 N–H and O–H groups in total. The number of para-hydroxylation sites is 2. The molecule has 0 fully saturated rings. The van der Waals surface area contributed by atoms with Crippen LogP contribution >= 0.6 is 0 Å². The summed E-state index contributed by atoms with van der Waals surface area (Å²) < 4.78 is 4.54. The van der Waals surface area contributed by atoms with E-state index in [9.17, 15) is 0 Å². The largest absolute Gasteiger partial charge is 0.313 e. The van der Waals surface area contributed by atoms with Gasteiger partial charge >= 0.3 is 0 Å². The molecule has 0 saturated carbocycles. The molecule has 2 aromatic heterocycles. The average Bonchev–Trinajstić information content (AvgIpc) is 3.41. The third-order valence-electron chi connectivity index (χ3n) is 8.66. The molecule has 0 spiro atoms. The van der Waals surface area contributed by atoms with Gasteiger partial charge in [0.2, 0.25) is 5.95 Å². The highest BCUT2D eigenvalue weighted by molar-refractivity contribution is 6.11. The van der Waals surface area contributed by atoms with Crippen LogP contribution in [0, 0.1) is 41.5 Å². The number of hydrogen-bond donors (Lipinski definition) is 0. The van der Waals surface area contributed by atoms with E-state index < -0.39 is 0 Å². The van der Waals surface area contributed by atoms with Crippen LogP contribution in [-0.2, 0) is 7.05 Å². The molecule has 0 aliphatic rings. The molecule has 0 bridgehead atoms. The van der Waals surface area contributed by atoms with Crippen LogP contribution in [0.5, 0.6) is 0 Å². The van der Waals surface area contributed by atoms with Crippen molar-refractivity contribution in [2.45, 2.75) is 41.5 Å². The molecule has 7 aromatic rings. The second-order valence-electron chi connectivity index (χ2n) is 11.8. The lowest BCUT2D eigenvalue weighted by Gasteiger charge is -2.13. The summed E-state index contributed by atoms with van der Waals surface area (Å²) in [5.41, 5.74) is 17.5. The lowest BCUT2D eigenvalue weighted by Crippen LogP contribution is -2.03. The molecule has 7 rings (SSSR count). The third-order valence-corrected chi connectivity index (χ3v) is 8.66. The van der Waals surface area contributed by atoms with E-state index >= 15 is 0 Å². The monoisotopic (exact) mass is 533 g/mol. The van der Waals surface area contributed by atoms with E-state index in [-0.39, 0.29) is 0 Å². The van der Waals surface area contributed by atoms with Gasteiger partial charge in [-0.25, -0.2) is 4.98 Å². The zero-order valence-electron chi connectivity index (χ0n) is 24.9. The lowest BCUT2D eigenvalue weighted by molar-refractivity contribution is 0.870. The van der Waals surface area contributed by atoms with Crippen LogP contribution in [0.1, 0.15) is 33.4 Å². The summed E-state index contributed by atoms with van der Waals surface area (Å²) in [5, 5.41) is 2.49. The zero-order valence-corrected chi connectivity index (χ0v) is 24.9. The Balaban J connectivity index is 1.57. The number of aryl methyl sites for hydroxylation is 7. The van der Waals surface area contributed by atoms with E-state index in [1.165, 1.54) is 77.4 Å². The van der Waals surface area contributed by atoms with Gasteiger partial charge in [0.25, 0.3) is 0 Å². The highest BCUT2D eigenvalue weighted by Gasteiger charge is 2.20. The minimum Gasteiger partial charge on any atom is -0.313 e. The fraction of sp³-hybridized carbons (Fsp3) is 0.184. The number of imidazole rings is 1. The molecule has 5 aromatic carbocycles. The van der Waals surface area contributed by atoms with Crippen LogP contribution in [0.15, 0.2) is 84.9 Å². The molecule has 0 amide bonds. The quantitative estimate of drug-likeness (QED) is 0.222. The molecule has 3 heteroatoms. The summed E-state index contributed by atoms with van der Waals surface area (Å²) in [4.78, 5) is 5.12. The van der Waals surface area contributed by atoms with Crippen LogP contribution in [0.4, 0.5) is 0 Å². The first-order valence-corrected chi connectivity index (χ1v) is 14.4. The number of aromatic nitrogens is 3. The van der Waals surface area contributed by atoms with Gasteiger partial charge < -0.3 is 4.57 Å². The Morgan fingerprint density at radius 2 is 0.976 bits per heavy atom. The van der Waals surface area contributed by atoms with Gasteiger partial charge in [-0.2, -0.15) is 0 Å². The Morgan fingerprint density at radius 3 is 1.44 bits per heavy atom. The van der Waals surface area contributed by atoms with Crippen LogP contribution < -0.4 is 0 Å². The van der Waals surface area contributed by atoms with Crippen molar-refractivity contribution in [1.82, 2.24) is 14.1 Å². The predicted molar refractivity (Wildman–Crippen MR) is 174 cm³/mol. The van der Waals surface area contributed by atoms with Crippen molar-refractivity contribution in [3.05, 3.63) is 118 Å². The van der Waals surface area contributed by atoms with Crippen LogP contribution in [-0.4, -0.2) is 14.1 Å². The lowest BCUT2D eigenvalue weighted by atomic mass is 9.91. The van der Waals surface area contributed by atoms with E-state index in [4.69, 9.17) is 4.98 Å². The van der Waals surface area contributed by atoms with Gasteiger partial charge in [-0.05, 0) is 122 Å². The molecule has 202 valence electrons. The Kier molecular flexibility index (Phi) is 5.69. The number of benzene rings is 5. The smallest absolute Gasteiger partial charge is 0.215 e. The molecule has 3 nitrogen and oxygen atoms in total. The van der Waals surface area contributed by atoms with E-state index in [1.54, 1.807) is 0 Å². The van der Waals surface area contributed by atoms with Crippen molar-refractivity contribution < 1.29 is 0 Å². The molecule has 0 aliphatic carbocycles. The minimum atomic E-state index is 0.928. The van der Waals surface area contributed by atoms with Crippen LogP contribution in [0.3, 0.4) is 0 Å². The highest BCUT2D eigenvalue weighted by Crippen LogP contribution is 2.39. The molecular weight excluding hydrogens is 498 g/mol. The number of rotatable bonds is 3. The molecule has 0 aliphatic heterocycles. The van der Waals surface area contributed by atoms with Gasteiger partial charge in [0.1, 0.15) is 0 Å². The minimum absolute atomic E-state index is 0.928. The topological polar surface area (TPSA) is 22.8 Å². The van der Waals surface area contributed by atoms with E-state index in [0.29, 0.717) is 0 Å². The Morgan fingerprint density at radius 1 is 0.512 bits per heavy atom. The normalized spacial score (nSPS) is 11.8. The van der Waals surface area contributed by atoms with Gasteiger partial charge in [0.05, 0.1) is 22.1 Å². The first-order valence-electron chi connectivity index (χ1n) is 14.4. The Hall–Kier alpha value is -4.63. The maximum atomic E-state index is 5.12. The van der Waals surface area contributed by atoms with Crippen molar-refractivity contribution in [3.8, 4) is 28.2 Å². The van der Waals surface area contributed by atoms with Gasteiger partial charge in [0.15, 0.2) is 0 Å². The standard InChI is InChI=1S/C38H35N3/c1-22-16-24(3)36(25(4)17-22)28-12-14-33-30(20-28)31-21-29(37-26(5)18-23(2)19-27(37)6)13-15-34(31)41(33)38-39-32-10-8-9-11-35(32)40(38)7/h8-21H,1-7H3. The second kappa shape index (κ2) is 9.21. The van der Waals surface area contributed by atoms with Gasteiger partial charge in [-0.15, -0.1) is 0 Å². The van der Waals surface area contributed by atoms with Crippen molar-refractivity contribution in [1.29, 1.82) is 0 Å². The summed E-state index contributed by atoms with van der Waals surface area (Å²) in [5.74, 6) is 0.928. The average molecular weight is 534 g/mol. The van der Waals surface area contributed by atoms with E-state index in [0.717, 1.165) is 17.0 Å². The molecular formula is C38H35N3. The third kappa shape index (κ3) is 3.91. The Bertz CT molecular complexity index is 2010. The molecule has 0 unspecified atom stereocenters. The SMILES string of the molecule is Cc1cc(C)c(-c2ccc3c(c2)c2cc(-c4c(C)cc(C)cc4C)ccc2n3-c2nc3ccccc3n2C)c(C)c1. The van der Waals surface area contributed by atoms with Gasteiger partial charge in [0, 0.05) is 17.8 Å². The van der Waals surface area contributed by atoms with Crippen molar-refractivity contribution in [2.75, 3.05) is 0 Å². The number of fused-ring (bicyclic) bond motifs is 4. The predicted octanol–water partition coefficient (Wildman–Crippen LogP) is 9.85. The summed E-state index contributed by atoms with van der Waals surface area (Å²) in [6.07, 6.45) is 0. The fourth-order valence-corrected chi connectivity index (χ4v) is 7.15. The van der Waals surface area contributed by atoms with Crippen molar-refractivity contribution in [2.24, 2.45) is 7.05 Å². The molecule has 0 saturated heterocycles. The van der Waals surface area contributed by atoms with E-state index in [1.807, 2.05) is 0 Å². The second-order valence-corrected chi connectivity index (χ2v) is 11.8. The maximum Gasteiger partial charge on any atom is 0.215 e. The van der Waals surface area contributed by atoms with Crippen LogP contribution in [0.2, 0.25) is 0 Å². The number of nitrogens with zero attached hydrogens (tertiary/aromatic N) is 3. The number of hydrogen-bond acceptors (Lipinski definition) is 1. The zero-order chi connectivity index (χ0) is 28.6. The van der Waals surface area contributed by atoms with Crippen molar-refractivity contribution in [3.63, 3.8) is 0 Å². The molecule has 0 radical (unpaired) electrons. The fourth-order valence-electron chi connectivity index (χ4n) is 7.15.